The SMILES string of the molecule is COC(=O)Cc1cccc([N+](=O)[O-])c1OC(F)(F)F. The van der Waals surface area contributed by atoms with Crippen molar-refractivity contribution >= 4 is 11.7 Å². The summed E-state index contributed by atoms with van der Waals surface area (Å²) in [5.74, 6) is -1.85. The number of alkyl halides is 3. The summed E-state index contributed by atoms with van der Waals surface area (Å²) in [6.45, 7) is 0. The number of hydrogen-bond donors (Lipinski definition) is 0. The quantitative estimate of drug-likeness (QED) is 0.479. The fraction of sp³-hybridized carbons (Fsp3) is 0.300. The predicted octanol–water partition coefficient (Wildman–Crippen LogP) is 2.21. The number of nitro benzene ring substituents is 1. The zero-order valence-electron chi connectivity index (χ0n) is 9.56. The van der Waals surface area contributed by atoms with E-state index in [1.807, 2.05) is 0 Å². The van der Waals surface area contributed by atoms with Gasteiger partial charge >= 0.3 is 18.0 Å². The van der Waals surface area contributed by atoms with Crippen LogP contribution in [0.1, 0.15) is 5.56 Å². The van der Waals surface area contributed by atoms with Gasteiger partial charge in [0, 0.05) is 11.6 Å². The van der Waals surface area contributed by atoms with E-state index in [0.717, 1.165) is 25.3 Å². The number of ether oxygens (including phenoxy) is 2. The predicted molar refractivity (Wildman–Crippen MR) is 55.5 cm³/mol. The number of carbonyl (C=O) groups is 1. The number of methoxy groups -OCH3 is 1. The lowest BCUT2D eigenvalue weighted by Gasteiger charge is -2.12. The van der Waals surface area contributed by atoms with E-state index in [9.17, 15) is 28.1 Å². The van der Waals surface area contributed by atoms with Gasteiger partial charge in [-0.1, -0.05) is 12.1 Å². The van der Waals surface area contributed by atoms with E-state index in [1.165, 1.54) is 0 Å². The van der Waals surface area contributed by atoms with Crippen molar-refractivity contribution in [2.45, 2.75) is 12.8 Å². The van der Waals surface area contributed by atoms with Crippen molar-refractivity contribution in [1.82, 2.24) is 0 Å². The minimum atomic E-state index is -5.10. The van der Waals surface area contributed by atoms with Gasteiger partial charge in [-0.05, 0) is 0 Å². The van der Waals surface area contributed by atoms with Crippen molar-refractivity contribution in [3.63, 3.8) is 0 Å². The average Bonchev–Trinajstić information content (AvgIpc) is 2.28. The van der Waals surface area contributed by atoms with Crippen LogP contribution in [0.15, 0.2) is 18.2 Å². The minimum absolute atomic E-state index is 0.279. The lowest BCUT2D eigenvalue weighted by atomic mass is 10.1. The second-order valence-corrected chi connectivity index (χ2v) is 3.32. The van der Waals surface area contributed by atoms with E-state index in [-0.39, 0.29) is 5.56 Å². The second kappa shape index (κ2) is 5.55. The van der Waals surface area contributed by atoms with Crippen LogP contribution in [-0.2, 0) is 16.0 Å². The maximum atomic E-state index is 12.2. The minimum Gasteiger partial charge on any atom is -0.469 e. The Labute approximate surface area is 104 Å². The number of esters is 1. The molecule has 104 valence electrons. The van der Waals surface area contributed by atoms with Crippen molar-refractivity contribution in [3.05, 3.63) is 33.9 Å². The van der Waals surface area contributed by atoms with Crippen LogP contribution in [0.4, 0.5) is 18.9 Å². The first-order valence-electron chi connectivity index (χ1n) is 4.83. The molecule has 0 fully saturated rings. The van der Waals surface area contributed by atoms with Crippen molar-refractivity contribution < 1.29 is 32.4 Å². The smallest absolute Gasteiger partial charge is 0.469 e. The van der Waals surface area contributed by atoms with Crippen LogP contribution in [-0.4, -0.2) is 24.4 Å². The zero-order valence-corrected chi connectivity index (χ0v) is 9.56. The maximum absolute atomic E-state index is 12.2. The van der Waals surface area contributed by atoms with Crippen LogP contribution in [0.3, 0.4) is 0 Å². The molecule has 1 aromatic carbocycles. The van der Waals surface area contributed by atoms with Gasteiger partial charge in [-0.25, -0.2) is 0 Å². The molecule has 0 aliphatic carbocycles. The highest BCUT2D eigenvalue weighted by molar-refractivity contribution is 5.74. The molecule has 0 heterocycles. The highest BCUT2D eigenvalue weighted by atomic mass is 19.4. The van der Waals surface area contributed by atoms with Crippen LogP contribution in [0, 0.1) is 10.1 Å². The highest BCUT2D eigenvalue weighted by Gasteiger charge is 2.36. The Bertz CT molecular complexity index is 500. The number of benzene rings is 1. The molecule has 0 saturated heterocycles. The molecule has 6 nitrogen and oxygen atoms in total. The Morgan fingerprint density at radius 3 is 2.53 bits per heavy atom. The van der Waals surface area contributed by atoms with Gasteiger partial charge in [0.15, 0.2) is 0 Å². The van der Waals surface area contributed by atoms with Gasteiger partial charge in [0.25, 0.3) is 0 Å². The van der Waals surface area contributed by atoms with E-state index in [1.54, 1.807) is 0 Å². The molecule has 0 saturated carbocycles. The summed E-state index contributed by atoms with van der Waals surface area (Å²) in [6, 6.07) is 3.12. The normalized spacial score (nSPS) is 10.9. The Morgan fingerprint density at radius 1 is 1.42 bits per heavy atom. The molecule has 19 heavy (non-hydrogen) atoms. The third-order valence-electron chi connectivity index (χ3n) is 2.05. The van der Waals surface area contributed by atoms with Crippen LogP contribution < -0.4 is 4.74 Å². The second-order valence-electron chi connectivity index (χ2n) is 3.32. The van der Waals surface area contributed by atoms with Crippen molar-refractivity contribution in [2.75, 3.05) is 7.11 Å². The van der Waals surface area contributed by atoms with Gasteiger partial charge in [-0.2, -0.15) is 0 Å². The first-order chi connectivity index (χ1) is 8.74. The molecule has 0 bridgehead atoms. The van der Waals surface area contributed by atoms with Crippen molar-refractivity contribution in [3.8, 4) is 5.75 Å². The summed E-state index contributed by atoms with van der Waals surface area (Å²) < 4.78 is 44.6. The molecule has 0 amide bonds. The number of halogens is 3. The molecule has 0 N–H and O–H groups in total. The number of nitro groups is 1. The van der Waals surface area contributed by atoms with Gasteiger partial charge < -0.3 is 9.47 Å². The Balaban J connectivity index is 3.25. The maximum Gasteiger partial charge on any atom is 0.573 e. The van der Waals surface area contributed by atoms with Crippen LogP contribution in [0.5, 0.6) is 5.75 Å². The van der Waals surface area contributed by atoms with Crippen molar-refractivity contribution in [1.29, 1.82) is 0 Å². The Morgan fingerprint density at radius 2 is 2.05 bits per heavy atom. The number of rotatable bonds is 4. The largest absolute Gasteiger partial charge is 0.573 e. The summed E-state index contributed by atoms with van der Waals surface area (Å²) in [7, 11) is 1.05. The molecule has 0 aliphatic rings. The molecular formula is C10H8F3NO5. The van der Waals surface area contributed by atoms with E-state index < -0.39 is 35.1 Å². The lowest BCUT2D eigenvalue weighted by Crippen LogP contribution is -2.19. The van der Waals surface area contributed by atoms with Gasteiger partial charge in [0.05, 0.1) is 18.5 Å². The summed E-state index contributed by atoms with van der Waals surface area (Å²) in [5.41, 5.74) is -1.16. The third kappa shape index (κ3) is 4.12. The van der Waals surface area contributed by atoms with Crippen LogP contribution in [0.25, 0.3) is 0 Å². The molecule has 0 spiro atoms. The van der Waals surface area contributed by atoms with Gasteiger partial charge in [0.2, 0.25) is 5.75 Å². The Kier molecular flexibility index (Phi) is 4.30. The van der Waals surface area contributed by atoms with E-state index in [2.05, 4.69) is 9.47 Å². The zero-order chi connectivity index (χ0) is 14.6. The van der Waals surface area contributed by atoms with E-state index in [4.69, 9.17) is 0 Å². The standard InChI is InChI=1S/C10H8F3NO5/c1-18-8(15)5-6-3-2-4-7(14(16)17)9(6)19-10(11,12)13/h2-4H,5H2,1H3. The summed E-state index contributed by atoms with van der Waals surface area (Å²) in [6.07, 6.45) is -5.67. The fourth-order valence-corrected chi connectivity index (χ4v) is 1.32. The van der Waals surface area contributed by atoms with Crippen LogP contribution in [0.2, 0.25) is 0 Å². The third-order valence-corrected chi connectivity index (χ3v) is 2.05. The first-order valence-corrected chi connectivity index (χ1v) is 4.83. The molecular weight excluding hydrogens is 271 g/mol. The molecule has 0 atom stereocenters. The van der Waals surface area contributed by atoms with E-state index in [0.29, 0.717) is 0 Å². The summed E-state index contributed by atoms with van der Waals surface area (Å²) in [4.78, 5) is 20.7. The topological polar surface area (TPSA) is 78.7 Å². The van der Waals surface area contributed by atoms with E-state index >= 15 is 0 Å². The molecule has 0 radical (unpaired) electrons. The summed E-state index contributed by atoms with van der Waals surface area (Å²) >= 11 is 0. The average molecular weight is 279 g/mol. The fourth-order valence-electron chi connectivity index (χ4n) is 1.32. The van der Waals surface area contributed by atoms with Gasteiger partial charge in [-0.15, -0.1) is 13.2 Å². The lowest BCUT2D eigenvalue weighted by molar-refractivity contribution is -0.388. The highest BCUT2D eigenvalue weighted by Crippen LogP contribution is 2.35. The number of nitrogens with zero attached hydrogens (tertiary/aromatic N) is 1. The molecule has 0 aromatic heterocycles. The number of para-hydroxylation sites is 1. The summed E-state index contributed by atoms with van der Waals surface area (Å²) in [5, 5.41) is 10.7. The number of carbonyl (C=O) groups excluding carboxylic acids is 1. The molecule has 9 heteroatoms. The monoisotopic (exact) mass is 279 g/mol. The molecule has 1 aromatic rings. The molecule has 0 aliphatic heterocycles. The van der Waals surface area contributed by atoms with Crippen molar-refractivity contribution in [2.24, 2.45) is 0 Å². The van der Waals surface area contributed by atoms with Crippen LogP contribution >= 0.6 is 0 Å². The first kappa shape index (κ1) is 14.7. The van der Waals surface area contributed by atoms with Gasteiger partial charge in [-0.3, -0.25) is 14.9 Å². The molecule has 0 unspecified atom stereocenters. The molecule has 1 rings (SSSR count). The van der Waals surface area contributed by atoms with Gasteiger partial charge in [0.1, 0.15) is 0 Å². The Hall–Kier alpha value is -2.32. The number of hydrogen-bond acceptors (Lipinski definition) is 5.